The van der Waals surface area contributed by atoms with E-state index >= 15 is 0 Å². The summed E-state index contributed by atoms with van der Waals surface area (Å²) in [5.74, 6) is 1.95. The fraction of sp³-hybridized carbons (Fsp3) is 0.714. The third-order valence-corrected chi connectivity index (χ3v) is 3.63. The lowest BCUT2D eigenvalue weighted by Crippen LogP contribution is -2.44. The summed E-state index contributed by atoms with van der Waals surface area (Å²) in [7, 11) is 0. The number of nitrogens with one attached hydrogen (secondary N) is 1. The van der Waals surface area contributed by atoms with Crippen LogP contribution in [0, 0.1) is 6.92 Å². The molecule has 1 aliphatic rings. The summed E-state index contributed by atoms with van der Waals surface area (Å²) in [6.45, 7) is 6.10. The second-order valence-electron chi connectivity index (χ2n) is 5.06. The average molecular weight is 252 g/mol. The molecular formula is C14H24N2O2. The zero-order valence-corrected chi connectivity index (χ0v) is 11.2. The summed E-state index contributed by atoms with van der Waals surface area (Å²) in [6.07, 6.45) is 3.64. The van der Waals surface area contributed by atoms with Crippen molar-refractivity contribution in [3.05, 3.63) is 23.7 Å². The minimum Gasteiger partial charge on any atom is -0.465 e. The van der Waals surface area contributed by atoms with E-state index in [2.05, 4.69) is 10.2 Å². The largest absolute Gasteiger partial charge is 0.465 e. The zero-order valence-electron chi connectivity index (χ0n) is 11.2. The van der Waals surface area contributed by atoms with Crippen molar-refractivity contribution >= 4 is 0 Å². The van der Waals surface area contributed by atoms with Crippen LogP contribution in [0.3, 0.4) is 0 Å². The van der Waals surface area contributed by atoms with Crippen LogP contribution in [0.4, 0.5) is 0 Å². The standard InChI is InChI=1S/C14H24N2O2/c1-12-5-6-14(18-12)10-15-7-9-16-8-3-2-4-13(16)11-17/h5-6,13,15,17H,2-4,7-11H2,1H3. The van der Waals surface area contributed by atoms with Gasteiger partial charge in [-0.15, -0.1) is 0 Å². The Kier molecular flexibility index (Phi) is 5.23. The Morgan fingerprint density at radius 2 is 2.33 bits per heavy atom. The Hall–Kier alpha value is -0.840. The molecule has 2 N–H and O–H groups in total. The third kappa shape index (κ3) is 3.83. The number of rotatable bonds is 6. The summed E-state index contributed by atoms with van der Waals surface area (Å²) in [6, 6.07) is 4.37. The van der Waals surface area contributed by atoms with Gasteiger partial charge in [0.2, 0.25) is 0 Å². The molecule has 102 valence electrons. The van der Waals surface area contributed by atoms with Crippen LogP contribution in [0.25, 0.3) is 0 Å². The van der Waals surface area contributed by atoms with Crippen LogP contribution in [0.2, 0.25) is 0 Å². The van der Waals surface area contributed by atoms with Gasteiger partial charge in [0.1, 0.15) is 11.5 Å². The number of aryl methyl sites for hydroxylation is 1. The maximum Gasteiger partial charge on any atom is 0.117 e. The van der Waals surface area contributed by atoms with E-state index in [0.717, 1.165) is 44.1 Å². The number of hydrogen-bond acceptors (Lipinski definition) is 4. The molecule has 18 heavy (non-hydrogen) atoms. The van der Waals surface area contributed by atoms with Crippen LogP contribution in [-0.2, 0) is 6.54 Å². The molecule has 2 rings (SSSR count). The maximum absolute atomic E-state index is 9.32. The highest BCUT2D eigenvalue weighted by molar-refractivity contribution is 5.05. The molecule has 4 heteroatoms. The van der Waals surface area contributed by atoms with Crippen molar-refractivity contribution in [3.8, 4) is 0 Å². The number of likely N-dealkylation sites (tertiary alicyclic amines) is 1. The van der Waals surface area contributed by atoms with Crippen molar-refractivity contribution in [2.75, 3.05) is 26.2 Å². The SMILES string of the molecule is Cc1ccc(CNCCN2CCCCC2CO)o1. The Bertz CT molecular complexity index is 351. The molecule has 0 aliphatic carbocycles. The monoisotopic (exact) mass is 252 g/mol. The zero-order chi connectivity index (χ0) is 12.8. The molecule has 1 saturated heterocycles. The molecule has 0 bridgehead atoms. The summed E-state index contributed by atoms with van der Waals surface area (Å²) >= 11 is 0. The van der Waals surface area contributed by atoms with Gasteiger partial charge in [0.25, 0.3) is 0 Å². The summed E-state index contributed by atoms with van der Waals surface area (Å²) in [5, 5.41) is 12.7. The molecule has 2 heterocycles. The van der Waals surface area contributed by atoms with Crippen molar-refractivity contribution < 1.29 is 9.52 Å². The Labute approximate surface area is 109 Å². The summed E-state index contributed by atoms with van der Waals surface area (Å²) in [4.78, 5) is 2.39. The highest BCUT2D eigenvalue weighted by atomic mass is 16.3. The van der Waals surface area contributed by atoms with E-state index in [1.807, 2.05) is 19.1 Å². The van der Waals surface area contributed by atoms with Gasteiger partial charge in [0.15, 0.2) is 0 Å². The molecule has 1 aliphatic heterocycles. The first-order chi connectivity index (χ1) is 8.79. The van der Waals surface area contributed by atoms with E-state index in [-0.39, 0.29) is 6.61 Å². The van der Waals surface area contributed by atoms with Crippen LogP contribution in [0.15, 0.2) is 16.5 Å². The lowest BCUT2D eigenvalue weighted by molar-refractivity contribution is 0.0909. The Morgan fingerprint density at radius 1 is 1.44 bits per heavy atom. The predicted octanol–water partition coefficient (Wildman–Crippen LogP) is 1.52. The predicted molar refractivity (Wildman–Crippen MR) is 71.4 cm³/mol. The van der Waals surface area contributed by atoms with Gasteiger partial charge in [-0.3, -0.25) is 4.90 Å². The molecule has 0 aromatic carbocycles. The summed E-state index contributed by atoms with van der Waals surface area (Å²) in [5.41, 5.74) is 0. The Balaban J connectivity index is 1.65. The van der Waals surface area contributed by atoms with Crippen LogP contribution >= 0.6 is 0 Å². The van der Waals surface area contributed by atoms with Crippen LogP contribution in [0.5, 0.6) is 0 Å². The van der Waals surface area contributed by atoms with Crippen LogP contribution < -0.4 is 5.32 Å². The van der Waals surface area contributed by atoms with Crippen LogP contribution in [0.1, 0.15) is 30.8 Å². The van der Waals surface area contributed by atoms with Gasteiger partial charge >= 0.3 is 0 Å². The van der Waals surface area contributed by atoms with E-state index in [0.29, 0.717) is 6.04 Å². The molecule has 1 unspecified atom stereocenters. The van der Waals surface area contributed by atoms with Gasteiger partial charge in [-0.25, -0.2) is 0 Å². The number of aliphatic hydroxyl groups is 1. The molecule has 1 fully saturated rings. The number of hydrogen-bond donors (Lipinski definition) is 2. The molecule has 0 radical (unpaired) electrons. The first kappa shape index (κ1) is 13.6. The molecule has 0 spiro atoms. The van der Waals surface area contributed by atoms with Crippen LogP contribution in [-0.4, -0.2) is 42.3 Å². The fourth-order valence-electron chi connectivity index (χ4n) is 2.58. The first-order valence-corrected chi connectivity index (χ1v) is 6.90. The van der Waals surface area contributed by atoms with Gasteiger partial charge in [-0.05, 0) is 38.4 Å². The van der Waals surface area contributed by atoms with Gasteiger partial charge < -0.3 is 14.8 Å². The molecule has 0 amide bonds. The number of nitrogens with zero attached hydrogens (tertiary/aromatic N) is 1. The normalized spacial score (nSPS) is 21.3. The van der Waals surface area contributed by atoms with Gasteiger partial charge in [0.05, 0.1) is 13.2 Å². The second-order valence-corrected chi connectivity index (χ2v) is 5.06. The van der Waals surface area contributed by atoms with Crippen molar-refractivity contribution in [1.82, 2.24) is 10.2 Å². The van der Waals surface area contributed by atoms with E-state index < -0.39 is 0 Å². The quantitative estimate of drug-likeness (QED) is 0.754. The van der Waals surface area contributed by atoms with Gasteiger partial charge in [-0.1, -0.05) is 6.42 Å². The third-order valence-electron chi connectivity index (χ3n) is 3.63. The molecule has 0 saturated carbocycles. The minimum absolute atomic E-state index is 0.289. The second kappa shape index (κ2) is 6.92. The number of furan rings is 1. The highest BCUT2D eigenvalue weighted by Gasteiger charge is 2.20. The lowest BCUT2D eigenvalue weighted by Gasteiger charge is -2.34. The molecule has 1 atom stereocenters. The smallest absolute Gasteiger partial charge is 0.117 e. The first-order valence-electron chi connectivity index (χ1n) is 6.90. The topological polar surface area (TPSA) is 48.6 Å². The molecular weight excluding hydrogens is 228 g/mol. The fourth-order valence-corrected chi connectivity index (χ4v) is 2.58. The van der Waals surface area contributed by atoms with E-state index in [4.69, 9.17) is 4.42 Å². The van der Waals surface area contributed by atoms with Crippen molar-refractivity contribution in [1.29, 1.82) is 0 Å². The van der Waals surface area contributed by atoms with Gasteiger partial charge in [-0.2, -0.15) is 0 Å². The lowest BCUT2D eigenvalue weighted by atomic mass is 10.0. The van der Waals surface area contributed by atoms with Crippen molar-refractivity contribution in [2.24, 2.45) is 0 Å². The van der Waals surface area contributed by atoms with E-state index in [1.165, 1.54) is 12.8 Å². The number of aliphatic hydroxyl groups excluding tert-OH is 1. The van der Waals surface area contributed by atoms with E-state index in [9.17, 15) is 5.11 Å². The maximum atomic E-state index is 9.32. The highest BCUT2D eigenvalue weighted by Crippen LogP contribution is 2.15. The average Bonchev–Trinajstić information content (AvgIpc) is 2.81. The van der Waals surface area contributed by atoms with Crippen molar-refractivity contribution in [3.63, 3.8) is 0 Å². The Morgan fingerprint density at radius 3 is 3.06 bits per heavy atom. The number of piperidine rings is 1. The van der Waals surface area contributed by atoms with Crippen molar-refractivity contribution in [2.45, 2.75) is 38.8 Å². The molecule has 1 aromatic rings. The minimum atomic E-state index is 0.289. The van der Waals surface area contributed by atoms with Gasteiger partial charge in [0, 0.05) is 19.1 Å². The van der Waals surface area contributed by atoms with E-state index in [1.54, 1.807) is 0 Å². The summed E-state index contributed by atoms with van der Waals surface area (Å²) < 4.78 is 5.50. The molecule has 4 nitrogen and oxygen atoms in total. The molecule has 1 aromatic heterocycles.